The maximum Gasteiger partial charge on any atom is 0.293 e. The minimum absolute atomic E-state index is 0.148. The second-order valence-corrected chi connectivity index (χ2v) is 8.89. The van der Waals surface area contributed by atoms with E-state index in [0.717, 1.165) is 17.3 Å². The van der Waals surface area contributed by atoms with Crippen molar-refractivity contribution in [2.75, 3.05) is 13.2 Å². The summed E-state index contributed by atoms with van der Waals surface area (Å²) < 4.78 is 11.6. The molecule has 1 saturated heterocycles. The molecule has 1 fully saturated rings. The zero-order valence-corrected chi connectivity index (χ0v) is 19.7. The van der Waals surface area contributed by atoms with Gasteiger partial charge in [0.1, 0.15) is 24.7 Å². The molecule has 3 aromatic rings. The highest BCUT2D eigenvalue weighted by molar-refractivity contribution is 8.18. The maximum atomic E-state index is 12.8. The van der Waals surface area contributed by atoms with Crippen molar-refractivity contribution < 1.29 is 19.1 Å². The Morgan fingerprint density at radius 2 is 1.61 bits per heavy atom. The molecule has 0 saturated carbocycles. The molecule has 0 atom stereocenters. The van der Waals surface area contributed by atoms with Gasteiger partial charge in [-0.1, -0.05) is 59.6 Å². The number of halogens is 2. The number of carbonyl (C=O) groups excluding carboxylic acids is 2. The van der Waals surface area contributed by atoms with Crippen LogP contribution in [-0.2, 0) is 11.4 Å². The number of para-hydroxylation sites is 1. The first kappa shape index (κ1) is 23.2. The molecule has 0 bridgehead atoms. The molecule has 0 unspecified atom stereocenters. The number of benzene rings is 3. The monoisotopic (exact) mass is 499 g/mol. The zero-order chi connectivity index (χ0) is 23.2. The first-order valence-corrected chi connectivity index (χ1v) is 11.7. The number of hydrogen-bond acceptors (Lipinski definition) is 5. The molecule has 5 nitrogen and oxygen atoms in total. The summed E-state index contributed by atoms with van der Waals surface area (Å²) >= 11 is 13.0. The van der Waals surface area contributed by atoms with Crippen LogP contribution in [0.4, 0.5) is 4.79 Å². The molecule has 8 heteroatoms. The van der Waals surface area contributed by atoms with Gasteiger partial charge in [0.05, 0.1) is 11.4 Å². The molecule has 2 amide bonds. The largest absolute Gasteiger partial charge is 0.492 e. The Labute approximate surface area is 205 Å². The molecule has 0 spiro atoms. The molecule has 1 aliphatic rings. The Bertz CT molecular complexity index is 1200. The molecule has 4 rings (SSSR count). The van der Waals surface area contributed by atoms with Gasteiger partial charge in [-0.25, -0.2) is 0 Å². The van der Waals surface area contributed by atoms with E-state index in [1.54, 1.807) is 36.4 Å². The van der Waals surface area contributed by atoms with E-state index in [2.05, 4.69) is 0 Å². The van der Waals surface area contributed by atoms with Crippen molar-refractivity contribution >= 4 is 52.2 Å². The Kier molecular flexibility index (Phi) is 7.60. The third kappa shape index (κ3) is 5.90. The summed E-state index contributed by atoms with van der Waals surface area (Å²) in [5.74, 6) is 0.854. The van der Waals surface area contributed by atoms with Crippen molar-refractivity contribution in [2.45, 2.75) is 6.61 Å². The highest BCUT2D eigenvalue weighted by Gasteiger charge is 2.35. The van der Waals surface area contributed by atoms with Gasteiger partial charge in [-0.2, -0.15) is 0 Å². The van der Waals surface area contributed by atoms with Gasteiger partial charge in [0.15, 0.2) is 0 Å². The lowest BCUT2D eigenvalue weighted by molar-refractivity contribution is -0.123. The molecular formula is C25H19Cl2NO4S. The highest BCUT2D eigenvalue weighted by atomic mass is 35.5. The molecule has 0 N–H and O–H groups in total. The second-order valence-electron chi connectivity index (χ2n) is 7.05. The average molecular weight is 500 g/mol. The molecule has 0 radical (unpaired) electrons. The van der Waals surface area contributed by atoms with Gasteiger partial charge in [0.2, 0.25) is 0 Å². The minimum Gasteiger partial charge on any atom is -0.492 e. The summed E-state index contributed by atoms with van der Waals surface area (Å²) in [6.07, 6.45) is 1.67. The fourth-order valence-corrected chi connectivity index (χ4v) is 4.29. The van der Waals surface area contributed by atoms with E-state index in [1.807, 2.05) is 42.5 Å². The van der Waals surface area contributed by atoms with Crippen LogP contribution in [0.1, 0.15) is 11.1 Å². The number of hydrogen-bond donors (Lipinski definition) is 0. The molecule has 33 heavy (non-hydrogen) atoms. The van der Waals surface area contributed by atoms with Crippen LogP contribution < -0.4 is 9.47 Å². The van der Waals surface area contributed by atoms with Gasteiger partial charge >= 0.3 is 0 Å². The van der Waals surface area contributed by atoms with Gasteiger partial charge in [0, 0.05) is 21.2 Å². The number of rotatable bonds is 8. The van der Waals surface area contributed by atoms with Crippen LogP contribution in [0, 0.1) is 0 Å². The van der Waals surface area contributed by atoms with E-state index in [4.69, 9.17) is 32.7 Å². The normalized spacial score (nSPS) is 14.7. The Morgan fingerprint density at radius 1 is 0.879 bits per heavy atom. The van der Waals surface area contributed by atoms with Crippen molar-refractivity contribution in [3.63, 3.8) is 0 Å². The van der Waals surface area contributed by atoms with Gasteiger partial charge in [-0.15, -0.1) is 0 Å². The number of nitrogens with zero attached hydrogens (tertiary/aromatic N) is 1. The summed E-state index contributed by atoms with van der Waals surface area (Å²) in [6, 6.07) is 21.7. The van der Waals surface area contributed by atoms with Gasteiger partial charge in [-0.05, 0) is 54.2 Å². The number of carbonyl (C=O) groups is 2. The number of amides is 2. The number of thioether (sulfide) groups is 1. The Balaban J connectivity index is 1.41. The smallest absolute Gasteiger partial charge is 0.293 e. The maximum absolute atomic E-state index is 12.8. The van der Waals surface area contributed by atoms with Crippen LogP contribution in [0.15, 0.2) is 77.7 Å². The first-order chi connectivity index (χ1) is 16.0. The molecule has 1 heterocycles. The first-order valence-electron chi connectivity index (χ1n) is 10.1. The topological polar surface area (TPSA) is 55.8 Å². The van der Waals surface area contributed by atoms with Gasteiger partial charge < -0.3 is 9.47 Å². The van der Waals surface area contributed by atoms with Crippen molar-refractivity contribution in [3.8, 4) is 11.5 Å². The lowest BCUT2D eigenvalue weighted by atomic mass is 10.1. The van der Waals surface area contributed by atoms with Crippen molar-refractivity contribution in [1.29, 1.82) is 0 Å². The molecule has 0 aliphatic carbocycles. The van der Waals surface area contributed by atoms with E-state index in [1.165, 1.54) is 4.90 Å². The fourth-order valence-electron chi connectivity index (χ4n) is 3.12. The SMILES string of the molecule is O=C1S/C(=C\c2ccccc2OCc2ccccc2Cl)C(=O)N1CCOc1ccc(Cl)cc1. The van der Waals surface area contributed by atoms with Gasteiger partial charge in [-0.3, -0.25) is 14.5 Å². The molecule has 168 valence electrons. The van der Waals surface area contributed by atoms with Crippen LogP contribution in [0.5, 0.6) is 11.5 Å². The van der Waals surface area contributed by atoms with Gasteiger partial charge in [0.25, 0.3) is 11.1 Å². The van der Waals surface area contributed by atoms with E-state index >= 15 is 0 Å². The molecular weight excluding hydrogens is 481 g/mol. The van der Waals surface area contributed by atoms with E-state index in [-0.39, 0.29) is 30.9 Å². The fraction of sp³-hybridized carbons (Fsp3) is 0.120. The lowest BCUT2D eigenvalue weighted by Gasteiger charge is -2.13. The third-order valence-corrected chi connectivity index (χ3v) is 6.35. The minimum atomic E-state index is -0.356. The van der Waals surface area contributed by atoms with Crippen molar-refractivity contribution in [1.82, 2.24) is 4.90 Å². The van der Waals surface area contributed by atoms with Crippen LogP contribution in [0.25, 0.3) is 6.08 Å². The predicted molar refractivity (Wildman–Crippen MR) is 132 cm³/mol. The Hall–Kier alpha value is -2.93. The highest BCUT2D eigenvalue weighted by Crippen LogP contribution is 2.34. The average Bonchev–Trinajstić information content (AvgIpc) is 3.08. The Morgan fingerprint density at radius 3 is 2.39 bits per heavy atom. The summed E-state index contributed by atoms with van der Waals surface area (Å²) in [4.78, 5) is 26.8. The summed E-state index contributed by atoms with van der Waals surface area (Å²) in [5, 5.41) is 0.895. The van der Waals surface area contributed by atoms with Crippen LogP contribution in [-0.4, -0.2) is 29.2 Å². The molecule has 3 aromatic carbocycles. The third-order valence-electron chi connectivity index (χ3n) is 4.82. The number of ether oxygens (including phenoxy) is 2. The second kappa shape index (κ2) is 10.8. The standard InChI is InChI=1S/C25H19Cl2NO4S/c26-19-9-11-20(12-10-19)31-14-13-28-24(29)23(33-25(28)30)15-17-5-2-4-8-22(17)32-16-18-6-1-3-7-21(18)27/h1-12,15H,13-14,16H2/b23-15-. The van der Waals surface area contributed by atoms with Crippen molar-refractivity contribution in [3.05, 3.63) is 98.9 Å². The van der Waals surface area contributed by atoms with E-state index < -0.39 is 0 Å². The molecule has 1 aliphatic heterocycles. The summed E-state index contributed by atoms with van der Waals surface area (Å²) in [5.41, 5.74) is 1.56. The van der Waals surface area contributed by atoms with Crippen molar-refractivity contribution in [2.24, 2.45) is 0 Å². The summed E-state index contributed by atoms with van der Waals surface area (Å²) in [7, 11) is 0. The van der Waals surface area contributed by atoms with E-state index in [0.29, 0.717) is 32.0 Å². The molecule has 0 aromatic heterocycles. The zero-order valence-electron chi connectivity index (χ0n) is 17.4. The predicted octanol–water partition coefficient (Wildman–Crippen LogP) is 6.69. The summed E-state index contributed by atoms with van der Waals surface area (Å²) in [6.45, 7) is 0.619. The lowest BCUT2D eigenvalue weighted by Crippen LogP contribution is -2.32. The number of imide groups is 1. The quantitative estimate of drug-likeness (QED) is 0.323. The van der Waals surface area contributed by atoms with E-state index in [9.17, 15) is 9.59 Å². The van der Waals surface area contributed by atoms with Crippen LogP contribution in [0.2, 0.25) is 10.0 Å². The van der Waals surface area contributed by atoms with Crippen LogP contribution >= 0.6 is 35.0 Å². The van der Waals surface area contributed by atoms with Crippen LogP contribution in [0.3, 0.4) is 0 Å².